The van der Waals surface area contributed by atoms with Crippen molar-refractivity contribution in [2.24, 2.45) is 0 Å². The first-order valence-corrected chi connectivity index (χ1v) is 10.5. The molecule has 0 aliphatic rings. The minimum atomic E-state index is 0.305. The summed E-state index contributed by atoms with van der Waals surface area (Å²) in [5, 5.41) is 6.92. The second-order valence-electron chi connectivity index (χ2n) is 6.48. The van der Waals surface area contributed by atoms with E-state index in [-0.39, 0.29) is 0 Å². The molecule has 32 heavy (non-hydrogen) atoms. The van der Waals surface area contributed by atoms with E-state index in [4.69, 9.17) is 38.6 Å². The average molecular weight is 469 g/mol. The number of benzene rings is 3. The summed E-state index contributed by atoms with van der Waals surface area (Å²) in [6, 6.07) is 21.5. The van der Waals surface area contributed by atoms with E-state index in [0.29, 0.717) is 33.2 Å². The van der Waals surface area contributed by atoms with Gasteiger partial charge in [0.25, 0.3) is 0 Å². The zero-order valence-corrected chi connectivity index (χ0v) is 19.5. The predicted octanol–water partition coefficient (Wildman–Crippen LogP) is 4.57. The van der Waals surface area contributed by atoms with Gasteiger partial charge in [-0.3, -0.25) is 10.9 Å². The number of anilines is 2. The molecular weight excluding hydrogens is 444 g/mol. The maximum absolute atomic E-state index is 5.41. The molecule has 4 N–H and O–H groups in total. The Morgan fingerprint density at radius 2 is 1.25 bits per heavy atom. The van der Waals surface area contributed by atoms with Crippen molar-refractivity contribution >= 4 is 46.0 Å². The Labute approximate surface area is 198 Å². The molecule has 0 bridgehead atoms. The number of ether oxygens (including phenoxy) is 3. The molecule has 0 spiro atoms. The second-order valence-corrected chi connectivity index (χ2v) is 7.30. The molecule has 0 saturated heterocycles. The van der Waals surface area contributed by atoms with Crippen molar-refractivity contribution in [3.05, 3.63) is 66.7 Å². The quantitative estimate of drug-likeness (QED) is 0.307. The molecule has 3 aromatic carbocycles. The van der Waals surface area contributed by atoms with Gasteiger partial charge in [-0.2, -0.15) is 0 Å². The van der Waals surface area contributed by atoms with E-state index in [1.807, 2.05) is 54.6 Å². The minimum absolute atomic E-state index is 0.305. The van der Waals surface area contributed by atoms with Crippen LogP contribution in [0.2, 0.25) is 0 Å². The first-order valence-electron chi connectivity index (χ1n) is 9.64. The van der Waals surface area contributed by atoms with Crippen molar-refractivity contribution < 1.29 is 14.2 Å². The third kappa shape index (κ3) is 5.77. The lowest BCUT2D eigenvalue weighted by molar-refractivity contribution is 0.324. The molecule has 0 aliphatic carbocycles. The summed E-state index contributed by atoms with van der Waals surface area (Å²) in [7, 11) is 4.65. The normalized spacial score (nSPS) is 9.97. The molecule has 0 atom stereocenters. The molecule has 3 rings (SSSR count). The maximum Gasteiger partial charge on any atom is 0.203 e. The smallest absolute Gasteiger partial charge is 0.203 e. The zero-order valence-electron chi connectivity index (χ0n) is 17.9. The predicted molar refractivity (Wildman–Crippen MR) is 137 cm³/mol. The topological polar surface area (TPSA) is 75.8 Å². The Morgan fingerprint density at radius 1 is 0.688 bits per heavy atom. The lowest BCUT2D eigenvalue weighted by Crippen LogP contribution is -2.45. The summed E-state index contributed by atoms with van der Waals surface area (Å²) >= 11 is 10.8. The van der Waals surface area contributed by atoms with Crippen LogP contribution in [0, 0.1) is 0 Å². The SMILES string of the molecule is COc1cc(NC(=S)NNC(=S)Nc2ccccc2-c2ccccc2)cc(OC)c1OC. The fraction of sp³-hybridized carbons (Fsp3) is 0.130. The number of methoxy groups -OCH3 is 3. The molecule has 0 fully saturated rings. The highest BCUT2D eigenvalue weighted by atomic mass is 32.1. The number of thiocarbonyl (C=S) groups is 2. The van der Waals surface area contributed by atoms with Gasteiger partial charge in [-0.25, -0.2) is 0 Å². The highest BCUT2D eigenvalue weighted by Gasteiger charge is 2.14. The summed E-state index contributed by atoms with van der Waals surface area (Å²) in [6.07, 6.45) is 0. The van der Waals surface area contributed by atoms with E-state index >= 15 is 0 Å². The van der Waals surface area contributed by atoms with E-state index < -0.39 is 0 Å². The molecule has 0 saturated carbocycles. The fourth-order valence-corrected chi connectivity index (χ4v) is 3.37. The van der Waals surface area contributed by atoms with E-state index in [0.717, 1.165) is 16.8 Å². The largest absolute Gasteiger partial charge is 0.493 e. The van der Waals surface area contributed by atoms with Gasteiger partial charge in [0.1, 0.15) is 0 Å². The molecule has 0 unspecified atom stereocenters. The van der Waals surface area contributed by atoms with Crippen molar-refractivity contribution in [1.82, 2.24) is 10.9 Å². The molecule has 166 valence electrons. The van der Waals surface area contributed by atoms with Gasteiger partial charge in [-0.1, -0.05) is 48.5 Å². The van der Waals surface area contributed by atoms with Gasteiger partial charge >= 0.3 is 0 Å². The van der Waals surface area contributed by atoms with Crippen LogP contribution in [0.1, 0.15) is 0 Å². The highest BCUT2D eigenvalue weighted by Crippen LogP contribution is 2.39. The van der Waals surface area contributed by atoms with Crippen molar-refractivity contribution in [2.45, 2.75) is 0 Å². The summed E-state index contributed by atoms with van der Waals surface area (Å²) < 4.78 is 16.0. The number of hydrogen-bond donors (Lipinski definition) is 4. The van der Waals surface area contributed by atoms with Crippen LogP contribution in [-0.4, -0.2) is 31.6 Å². The molecule has 0 aliphatic heterocycles. The van der Waals surface area contributed by atoms with E-state index in [9.17, 15) is 0 Å². The van der Waals surface area contributed by atoms with Crippen molar-refractivity contribution in [1.29, 1.82) is 0 Å². The Morgan fingerprint density at radius 3 is 1.84 bits per heavy atom. The molecular formula is C23H24N4O3S2. The minimum Gasteiger partial charge on any atom is -0.493 e. The lowest BCUT2D eigenvalue weighted by atomic mass is 10.0. The molecule has 0 amide bonds. The second kappa shape index (κ2) is 11.2. The number of hydrogen-bond acceptors (Lipinski definition) is 5. The fourth-order valence-electron chi connectivity index (χ4n) is 3.04. The van der Waals surface area contributed by atoms with Crippen LogP contribution in [0.3, 0.4) is 0 Å². The van der Waals surface area contributed by atoms with Crippen LogP contribution in [0.5, 0.6) is 17.2 Å². The van der Waals surface area contributed by atoms with Gasteiger partial charge in [-0.15, -0.1) is 0 Å². The van der Waals surface area contributed by atoms with Crippen LogP contribution in [0.25, 0.3) is 11.1 Å². The Balaban J connectivity index is 1.61. The van der Waals surface area contributed by atoms with Crippen LogP contribution in [0.4, 0.5) is 11.4 Å². The van der Waals surface area contributed by atoms with Crippen molar-refractivity contribution in [3.63, 3.8) is 0 Å². The van der Waals surface area contributed by atoms with Gasteiger partial charge in [-0.05, 0) is 36.1 Å². The summed E-state index contributed by atoms with van der Waals surface area (Å²) in [5.41, 5.74) is 9.42. The van der Waals surface area contributed by atoms with Crippen LogP contribution >= 0.6 is 24.4 Å². The monoisotopic (exact) mass is 468 g/mol. The van der Waals surface area contributed by atoms with Crippen LogP contribution < -0.4 is 35.7 Å². The molecule has 0 heterocycles. The number of para-hydroxylation sites is 1. The zero-order chi connectivity index (χ0) is 22.9. The number of hydrazine groups is 1. The molecule has 9 heteroatoms. The number of rotatable bonds is 6. The van der Waals surface area contributed by atoms with Crippen LogP contribution in [-0.2, 0) is 0 Å². The first-order chi connectivity index (χ1) is 15.5. The summed E-state index contributed by atoms with van der Waals surface area (Å²) in [5.74, 6) is 1.53. The van der Waals surface area contributed by atoms with Gasteiger partial charge < -0.3 is 24.8 Å². The standard InChI is InChI=1S/C23H24N4O3S2/c1-28-19-13-16(14-20(29-2)21(19)30-3)24-22(31)26-27-23(32)25-18-12-8-7-11-17(18)15-9-5-4-6-10-15/h4-14H,1-3H3,(H2,24,26,31)(H2,25,27,32). The number of nitrogens with one attached hydrogen (secondary N) is 4. The van der Waals surface area contributed by atoms with Gasteiger partial charge in [0.05, 0.1) is 21.3 Å². The Kier molecular flexibility index (Phi) is 8.07. The van der Waals surface area contributed by atoms with E-state index in [2.05, 4.69) is 21.5 Å². The van der Waals surface area contributed by atoms with E-state index in [1.165, 1.54) is 0 Å². The third-order valence-electron chi connectivity index (χ3n) is 4.47. The molecule has 7 nitrogen and oxygen atoms in total. The summed E-state index contributed by atoms with van der Waals surface area (Å²) in [4.78, 5) is 0. The first kappa shape index (κ1) is 23.1. The van der Waals surface area contributed by atoms with Gasteiger partial charge in [0.2, 0.25) is 5.75 Å². The molecule has 3 aromatic rings. The molecule has 0 aromatic heterocycles. The van der Waals surface area contributed by atoms with Crippen molar-refractivity contribution in [2.75, 3.05) is 32.0 Å². The Bertz CT molecular complexity index is 1070. The van der Waals surface area contributed by atoms with Crippen LogP contribution in [0.15, 0.2) is 66.7 Å². The van der Waals surface area contributed by atoms with Crippen molar-refractivity contribution in [3.8, 4) is 28.4 Å². The van der Waals surface area contributed by atoms with Gasteiger partial charge in [0, 0.05) is 29.1 Å². The third-order valence-corrected chi connectivity index (χ3v) is 4.88. The lowest BCUT2D eigenvalue weighted by Gasteiger charge is -2.18. The van der Waals surface area contributed by atoms with Gasteiger partial charge in [0.15, 0.2) is 21.7 Å². The molecule has 0 radical (unpaired) electrons. The summed E-state index contributed by atoms with van der Waals surface area (Å²) in [6.45, 7) is 0. The highest BCUT2D eigenvalue weighted by molar-refractivity contribution is 7.81. The van der Waals surface area contributed by atoms with E-state index in [1.54, 1.807) is 33.5 Å². The maximum atomic E-state index is 5.41. The average Bonchev–Trinajstić information content (AvgIpc) is 2.83. The Hall–Kier alpha value is -3.56.